The fourth-order valence-electron chi connectivity index (χ4n) is 3.28. The standard InChI is InChI=1S/C22H14Cl2N4/c23-17-4-1-15(2-5-17)21-13-25-22-10-3-16(14-27(21)22)20-11-12-26-28(20)19-8-6-18(24)7-9-19/h1-14H. The van der Waals surface area contributed by atoms with Crippen molar-refractivity contribution in [3.63, 3.8) is 0 Å². The van der Waals surface area contributed by atoms with Crippen molar-refractivity contribution in [3.8, 4) is 28.2 Å². The summed E-state index contributed by atoms with van der Waals surface area (Å²) in [4.78, 5) is 4.52. The Balaban J connectivity index is 1.63. The third-order valence-electron chi connectivity index (χ3n) is 4.66. The number of nitrogens with zero attached hydrogens (tertiary/aromatic N) is 4. The van der Waals surface area contributed by atoms with Crippen LogP contribution in [0.25, 0.3) is 33.8 Å². The fraction of sp³-hybridized carbons (Fsp3) is 0. The van der Waals surface area contributed by atoms with E-state index in [1.165, 1.54) is 0 Å². The summed E-state index contributed by atoms with van der Waals surface area (Å²) in [5.74, 6) is 0. The van der Waals surface area contributed by atoms with Gasteiger partial charge in [0.1, 0.15) is 5.65 Å². The van der Waals surface area contributed by atoms with Crippen LogP contribution in [-0.4, -0.2) is 19.2 Å². The molecule has 0 aliphatic carbocycles. The molecule has 4 nitrogen and oxygen atoms in total. The van der Waals surface area contributed by atoms with E-state index in [-0.39, 0.29) is 0 Å². The van der Waals surface area contributed by atoms with Gasteiger partial charge in [0.05, 0.1) is 29.5 Å². The second-order valence-corrected chi connectivity index (χ2v) is 7.27. The number of hydrogen-bond acceptors (Lipinski definition) is 2. The zero-order valence-electron chi connectivity index (χ0n) is 14.6. The van der Waals surface area contributed by atoms with E-state index in [2.05, 4.69) is 26.7 Å². The number of hydrogen-bond donors (Lipinski definition) is 0. The number of aromatic nitrogens is 4. The molecule has 0 amide bonds. The second-order valence-electron chi connectivity index (χ2n) is 6.40. The molecule has 0 aliphatic rings. The first-order valence-electron chi connectivity index (χ1n) is 8.72. The van der Waals surface area contributed by atoms with Crippen molar-refractivity contribution in [3.05, 3.63) is 95.4 Å². The molecule has 5 aromatic rings. The highest BCUT2D eigenvalue weighted by atomic mass is 35.5. The molecule has 5 rings (SSSR count). The maximum absolute atomic E-state index is 6.03. The van der Waals surface area contributed by atoms with Gasteiger partial charge in [0, 0.05) is 27.4 Å². The Morgan fingerprint density at radius 2 is 1.36 bits per heavy atom. The van der Waals surface area contributed by atoms with Crippen LogP contribution >= 0.6 is 23.2 Å². The Hall–Kier alpha value is -3.08. The average molecular weight is 405 g/mol. The molecule has 0 saturated carbocycles. The number of benzene rings is 2. The van der Waals surface area contributed by atoms with Gasteiger partial charge in [-0.1, -0.05) is 35.3 Å². The molecule has 0 fully saturated rings. The highest BCUT2D eigenvalue weighted by molar-refractivity contribution is 6.30. The lowest BCUT2D eigenvalue weighted by atomic mass is 10.1. The molecule has 28 heavy (non-hydrogen) atoms. The summed E-state index contributed by atoms with van der Waals surface area (Å²) >= 11 is 12.0. The van der Waals surface area contributed by atoms with Crippen LogP contribution in [0.15, 0.2) is 85.3 Å². The minimum absolute atomic E-state index is 0.699. The molecular formula is C22H14Cl2N4. The number of halogens is 2. The van der Waals surface area contributed by atoms with Gasteiger partial charge in [-0.2, -0.15) is 5.10 Å². The van der Waals surface area contributed by atoms with Crippen LogP contribution in [-0.2, 0) is 0 Å². The Bertz CT molecular complexity index is 1270. The first kappa shape index (κ1) is 17.0. The molecule has 0 spiro atoms. The van der Waals surface area contributed by atoms with Gasteiger partial charge in [-0.05, 0) is 54.6 Å². The minimum atomic E-state index is 0.699. The smallest absolute Gasteiger partial charge is 0.137 e. The van der Waals surface area contributed by atoms with Gasteiger partial charge < -0.3 is 0 Å². The number of rotatable bonds is 3. The van der Waals surface area contributed by atoms with Crippen LogP contribution in [0.2, 0.25) is 10.0 Å². The lowest BCUT2D eigenvalue weighted by Gasteiger charge is -2.09. The van der Waals surface area contributed by atoms with Crippen LogP contribution in [0.5, 0.6) is 0 Å². The monoisotopic (exact) mass is 404 g/mol. The molecule has 136 valence electrons. The molecule has 2 aromatic carbocycles. The summed E-state index contributed by atoms with van der Waals surface area (Å²) in [5, 5.41) is 5.90. The zero-order chi connectivity index (χ0) is 19.1. The zero-order valence-corrected chi connectivity index (χ0v) is 16.1. The Morgan fingerprint density at radius 3 is 2.11 bits per heavy atom. The molecule has 0 bridgehead atoms. The van der Waals surface area contributed by atoms with Crippen LogP contribution in [0.4, 0.5) is 0 Å². The predicted molar refractivity (Wildman–Crippen MR) is 113 cm³/mol. The maximum Gasteiger partial charge on any atom is 0.137 e. The molecule has 0 saturated heterocycles. The summed E-state index contributed by atoms with van der Waals surface area (Å²) in [5.41, 5.74) is 5.92. The maximum atomic E-state index is 6.03. The van der Waals surface area contributed by atoms with E-state index < -0.39 is 0 Å². The molecule has 0 aliphatic heterocycles. The quantitative estimate of drug-likeness (QED) is 0.360. The second kappa shape index (κ2) is 6.82. The molecular weight excluding hydrogens is 391 g/mol. The Kier molecular flexibility index (Phi) is 4.15. The van der Waals surface area contributed by atoms with Gasteiger partial charge in [-0.25, -0.2) is 9.67 Å². The Morgan fingerprint density at radius 1 is 0.679 bits per heavy atom. The van der Waals surface area contributed by atoms with E-state index in [1.54, 1.807) is 6.20 Å². The molecule has 0 N–H and O–H groups in total. The van der Waals surface area contributed by atoms with Gasteiger partial charge >= 0.3 is 0 Å². The molecule has 3 aromatic heterocycles. The van der Waals surface area contributed by atoms with Crippen LogP contribution in [0.1, 0.15) is 0 Å². The van der Waals surface area contributed by atoms with E-state index in [1.807, 2.05) is 71.5 Å². The van der Waals surface area contributed by atoms with Crippen molar-refractivity contribution in [1.82, 2.24) is 19.2 Å². The van der Waals surface area contributed by atoms with Crippen molar-refractivity contribution < 1.29 is 0 Å². The van der Waals surface area contributed by atoms with E-state index >= 15 is 0 Å². The predicted octanol–water partition coefficient (Wildman–Crippen LogP) is 6.16. The van der Waals surface area contributed by atoms with Gasteiger partial charge in [-0.3, -0.25) is 4.40 Å². The van der Waals surface area contributed by atoms with Crippen LogP contribution < -0.4 is 0 Å². The van der Waals surface area contributed by atoms with Crippen LogP contribution in [0.3, 0.4) is 0 Å². The average Bonchev–Trinajstić information content (AvgIpc) is 3.36. The summed E-state index contributed by atoms with van der Waals surface area (Å²) in [6.07, 6.45) is 5.75. The number of pyridine rings is 1. The third-order valence-corrected chi connectivity index (χ3v) is 5.16. The number of imidazole rings is 1. The minimum Gasteiger partial charge on any atom is -0.299 e. The molecule has 6 heteroatoms. The SMILES string of the molecule is Clc1ccc(-c2cnc3ccc(-c4ccnn4-c4ccc(Cl)cc4)cn23)cc1. The van der Waals surface area contributed by atoms with E-state index in [4.69, 9.17) is 23.2 Å². The third kappa shape index (κ3) is 2.97. The lowest BCUT2D eigenvalue weighted by molar-refractivity contribution is 0.887. The van der Waals surface area contributed by atoms with E-state index in [0.717, 1.165) is 33.8 Å². The van der Waals surface area contributed by atoms with E-state index in [0.29, 0.717) is 10.0 Å². The summed E-state index contributed by atoms with van der Waals surface area (Å²) in [6.45, 7) is 0. The van der Waals surface area contributed by atoms with Crippen molar-refractivity contribution in [2.75, 3.05) is 0 Å². The van der Waals surface area contributed by atoms with Crippen molar-refractivity contribution in [2.45, 2.75) is 0 Å². The van der Waals surface area contributed by atoms with Crippen LogP contribution in [0, 0.1) is 0 Å². The molecule has 0 radical (unpaired) electrons. The number of fused-ring (bicyclic) bond motifs is 1. The fourth-order valence-corrected chi connectivity index (χ4v) is 3.53. The van der Waals surface area contributed by atoms with Crippen molar-refractivity contribution >= 4 is 28.8 Å². The normalized spacial score (nSPS) is 11.2. The largest absolute Gasteiger partial charge is 0.299 e. The van der Waals surface area contributed by atoms with Crippen molar-refractivity contribution in [1.29, 1.82) is 0 Å². The molecule has 0 atom stereocenters. The topological polar surface area (TPSA) is 35.1 Å². The first-order chi connectivity index (χ1) is 13.7. The molecule has 3 heterocycles. The van der Waals surface area contributed by atoms with Gasteiger partial charge in [0.25, 0.3) is 0 Å². The van der Waals surface area contributed by atoms with Gasteiger partial charge in [0.15, 0.2) is 0 Å². The summed E-state index contributed by atoms with van der Waals surface area (Å²) < 4.78 is 3.98. The van der Waals surface area contributed by atoms with Gasteiger partial charge in [-0.15, -0.1) is 0 Å². The van der Waals surface area contributed by atoms with E-state index in [9.17, 15) is 0 Å². The first-order valence-corrected chi connectivity index (χ1v) is 9.48. The summed E-state index contributed by atoms with van der Waals surface area (Å²) in [6, 6.07) is 21.4. The highest BCUT2D eigenvalue weighted by Gasteiger charge is 2.11. The Labute approximate surface area is 171 Å². The highest BCUT2D eigenvalue weighted by Crippen LogP contribution is 2.27. The van der Waals surface area contributed by atoms with Crippen molar-refractivity contribution in [2.24, 2.45) is 0 Å². The molecule has 0 unspecified atom stereocenters. The summed E-state index contributed by atoms with van der Waals surface area (Å²) in [7, 11) is 0. The van der Waals surface area contributed by atoms with Gasteiger partial charge in [0.2, 0.25) is 0 Å². The lowest BCUT2D eigenvalue weighted by Crippen LogP contribution is -1.99.